The van der Waals surface area contributed by atoms with Crippen LogP contribution in [0.5, 0.6) is 0 Å². The molecule has 5 heteroatoms. The summed E-state index contributed by atoms with van der Waals surface area (Å²) in [5.41, 5.74) is 7.71. The first kappa shape index (κ1) is 14.8. The van der Waals surface area contributed by atoms with Crippen molar-refractivity contribution in [1.82, 2.24) is 0 Å². The summed E-state index contributed by atoms with van der Waals surface area (Å²) in [6.45, 7) is 3.70. The van der Waals surface area contributed by atoms with Gasteiger partial charge >= 0.3 is 0 Å². The highest BCUT2D eigenvalue weighted by atomic mass is 35.5. The number of nitrogens with zero attached hydrogens (tertiary/aromatic N) is 1. The van der Waals surface area contributed by atoms with Crippen LogP contribution in [-0.4, -0.2) is 26.3 Å². The van der Waals surface area contributed by atoms with Gasteiger partial charge in [-0.05, 0) is 37.8 Å². The second-order valence-corrected chi connectivity index (χ2v) is 5.90. The van der Waals surface area contributed by atoms with Gasteiger partial charge in [0.1, 0.15) is 0 Å². The number of anilines is 2. The van der Waals surface area contributed by atoms with Crippen molar-refractivity contribution in [2.45, 2.75) is 25.8 Å². The summed E-state index contributed by atoms with van der Waals surface area (Å²) in [4.78, 5) is 2.28. The van der Waals surface area contributed by atoms with E-state index in [0.29, 0.717) is 28.4 Å². The van der Waals surface area contributed by atoms with E-state index in [1.807, 2.05) is 6.07 Å². The number of nitrogens with two attached hydrogens (primary N) is 1. The second kappa shape index (κ2) is 6.21. The summed E-state index contributed by atoms with van der Waals surface area (Å²) in [5, 5.41) is 1.03. The van der Waals surface area contributed by atoms with E-state index in [1.165, 1.54) is 12.8 Å². The van der Waals surface area contributed by atoms with Crippen molar-refractivity contribution in [3.63, 3.8) is 0 Å². The average Bonchev–Trinajstić information content (AvgIpc) is 3.19. The molecule has 1 fully saturated rings. The Bertz CT molecular complexity index is 449. The smallest absolute Gasteiger partial charge is 0.0637 e. The zero-order valence-corrected chi connectivity index (χ0v) is 12.8. The average molecular weight is 303 g/mol. The lowest BCUT2D eigenvalue weighted by Crippen LogP contribution is -2.37. The van der Waals surface area contributed by atoms with Gasteiger partial charge in [-0.1, -0.05) is 23.2 Å². The molecule has 1 aromatic rings. The van der Waals surface area contributed by atoms with E-state index in [2.05, 4.69) is 11.8 Å². The first-order chi connectivity index (χ1) is 9.04. The molecule has 0 aromatic heterocycles. The van der Waals surface area contributed by atoms with Crippen molar-refractivity contribution >= 4 is 34.6 Å². The highest BCUT2D eigenvalue weighted by Crippen LogP contribution is 2.40. The summed E-state index contributed by atoms with van der Waals surface area (Å²) >= 11 is 12.1. The van der Waals surface area contributed by atoms with Crippen LogP contribution in [0.25, 0.3) is 0 Å². The molecule has 0 aliphatic heterocycles. The normalized spacial score (nSPS) is 16.4. The molecule has 0 spiro atoms. The number of halogens is 2. The zero-order chi connectivity index (χ0) is 14.0. The van der Waals surface area contributed by atoms with Crippen molar-refractivity contribution in [2.75, 3.05) is 30.9 Å². The highest BCUT2D eigenvalue weighted by molar-refractivity contribution is 6.42. The molecule has 0 saturated heterocycles. The minimum Gasteiger partial charge on any atom is -0.397 e. The van der Waals surface area contributed by atoms with E-state index in [0.717, 1.165) is 18.2 Å². The van der Waals surface area contributed by atoms with Gasteiger partial charge in [-0.25, -0.2) is 0 Å². The van der Waals surface area contributed by atoms with Crippen LogP contribution in [0, 0.1) is 5.92 Å². The van der Waals surface area contributed by atoms with Crippen molar-refractivity contribution in [3.05, 3.63) is 22.2 Å². The first-order valence-electron chi connectivity index (χ1n) is 6.54. The zero-order valence-electron chi connectivity index (χ0n) is 11.3. The largest absolute Gasteiger partial charge is 0.397 e. The van der Waals surface area contributed by atoms with E-state index in [1.54, 1.807) is 13.2 Å². The Kier molecular flexibility index (Phi) is 4.82. The van der Waals surface area contributed by atoms with Crippen molar-refractivity contribution < 1.29 is 4.74 Å². The Balaban J connectivity index is 2.28. The number of methoxy groups -OCH3 is 1. The number of ether oxygens (including phenoxy) is 1. The molecule has 0 radical (unpaired) electrons. The molecule has 3 nitrogen and oxygen atoms in total. The molecule has 1 aliphatic rings. The van der Waals surface area contributed by atoms with E-state index in [4.69, 9.17) is 33.7 Å². The van der Waals surface area contributed by atoms with Crippen LogP contribution in [0.4, 0.5) is 11.4 Å². The van der Waals surface area contributed by atoms with Crippen LogP contribution in [0.15, 0.2) is 12.1 Å². The summed E-state index contributed by atoms with van der Waals surface area (Å²) in [5.74, 6) is 0.741. The van der Waals surface area contributed by atoms with Crippen LogP contribution in [0.2, 0.25) is 10.0 Å². The maximum atomic E-state index is 6.12. The van der Waals surface area contributed by atoms with Crippen LogP contribution >= 0.6 is 23.2 Å². The molecule has 0 heterocycles. The number of hydrogen-bond donors (Lipinski definition) is 1. The summed E-state index contributed by atoms with van der Waals surface area (Å²) in [7, 11) is 1.71. The maximum absolute atomic E-state index is 6.12. The van der Waals surface area contributed by atoms with Gasteiger partial charge in [0, 0.05) is 19.7 Å². The maximum Gasteiger partial charge on any atom is 0.0637 e. The fraction of sp³-hybridized carbons (Fsp3) is 0.571. The first-order valence-corrected chi connectivity index (χ1v) is 7.30. The van der Waals surface area contributed by atoms with Crippen LogP contribution in [0.3, 0.4) is 0 Å². The van der Waals surface area contributed by atoms with E-state index in [-0.39, 0.29) is 0 Å². The number of rotatable bonds is 6. The monoisotopic (exact) mass is 302 g/mol. The predicted molar refractivity (Wildman–Crippen MR) is 82.3 cm³/mol. The van der Waals surface area contributed by atoms with E-state index < -0.39 is 0 Å². The molecular weight excluding hydrogens is 283 g/mol. The van der Waals surface area contributed by atoms with Gasteiger partial charge in [-0.15, -0.1) is 0 Å². The summed E-state index contributed by atoms with van der Waals surface area (Å²) in [6, 6.07) is 4.02. The molecular formula is C14H20Cl2N2O. The predicted octanol–water partition coefficient (Wildman–Crippen LogP) is 3.83. The Morgan fingerprint density at radius 2 is 2.00 bits per heavy atom. The lowest BCUT2D eigenvalue weighted by Gasteiger charge is -2.32. The van der Waals surface area contributed by atoms with Crippen molar-refractivity contribution in [3.8, 4) is 0 Å². The SMILES string of the molecule is COCCN(c1cc(Cl)c(Cl)cc1N)C(C)C1CC1. The Labute approximate surface area is 124 Å². The lowest BCUT2D eigenvalue weighted by molar-refractivity contribution is 0.203. The van der Waals surface area contributed by atoms with E-state index in [9.17, 15) is 0 Å². The molecule has 0 bridgehead atoms. The molecule has 0 amide bonds. The standard InChI is InChI=1S/C14H20Cl2N2O/c1-9(10-3-4-10)18(5-6-19-2)14-8-12(16)11(15)7-13(14)17/h7-10H,3-6,17H2,1-2H3. The van der Waals surface area contributed by atoms with Crippen molar-refractivity contribution in [1.29, 1.82) is 0 Å². The number of benzene rings is 1. The summed E-state index contributed by atoms with van der Waals surface area (Å²) < 4.78 is 5.20. The van der Waals surface area contributed by atoms with E-state index >= 15 is 0 Å². The molecule has 1 saturated carbocycles. The molecule has 2 N–H and O–H groups in total. The quantitative estimate of drug-likeness (QED) is 0.812. The molecule has 19 heavy (non-hydrogen) atoms. The van der Waals surface area contributed by atoms with Crippen LogP contribution in [0.1, 0.15) is 19.8 Å². The molecule has 1 atom stereocenters. The Morgan fingerprint density at radius 3 is 2.58 bits per heavy atom. The lowest BCUT2D eigenvalue weighted by atomic mass is 10.1. The topological polar surface area (TPSA) is 38.5 Å². The summed E-state index contributed by atoms with van der Waals surface area (Å²) in [6.07, 6.45) is 2.57. The van der Waals surface area contributed by atoms with Gasteiger partial charge in [0.15, 0.2) is 0 Å². The molecule has 106 valence electrons. The third-order valence-electron chi connectivity index (χ3n) is 3.71. The van der Waals surface area contributed by atoms with Crippen molar-refractivity contribution in [2.24, 2.45) is 5.92 Å². The third kappa shape index (κ3) is 3.47. The number of nitrogen functional groups attached to an aromatic ring is 1. The Hall–Kier alpha value is -0.640. The fourth-order valence-corrected chi connectivity index (χ4v) is 2.70. The van der Waals surface area contributed by atoms with Crippen LogP contribution < -0.4 is 10.6 Å². The van der Waals surface area contributed by atoms with Gasteiger partial charge in [0.25, 0.3) is 0 Å². The fourth-order valence-electron chi connectivity index (χ4n) is 2.37. The van der Waals surface area contributed by atoms with Crippen LogP contribution in [-0.2, 0) is 4.74 Å². The number of hydrogen-bond acceptors (Lipinski definition) is 3. The Morgan fingerprint density at radius 1 is 1.37 bits per heavy atom. The molecule has 2 rings (SSSR count). The minimum atomic E-state index is 0.440. The molecule has 1 unspecified atom stereocenters. The van der Waals surface area contributed by atoms with Gasteiger partial charge in [0.2, 0.25) is 0 Å². The van der Waals surface area contributed by atoms with Gasteiger partial charge in [0.05, 0.1) is 28.0 Å². The molecule has 1 aliphatic carbocycles. The minimum absolute atomic E-state index is 0.440. The second-order valence-electron chi connectivity index (χ2n) is 5.09. The molecule has 1 aromatic carbocycles. The van der Waals surface area contributed by atoms with Gasteiger partial charge < -0.3 is 15.4 Å². The van der Waals surface area contributed by atoms with Gasteiger partial charge in [-0.3, -0.25) is 0 Å². The van der Waals surface area contributed by atoms with Gasteiger partial charge in [-0.2, -0.15) is 0 Å². The highest BCUT2D eigenvalue weighted by Gasteiger charge is 2.32. The third-order valence-corrected chi connectivity index (χ3v) is 4.43.